The maximum absolute atomic E-state index is 12.9. The summed E-state index contributed by atoms with van der Waals surface area (Å²) in [6.45, 7) is -0.0373. The first-order valence-corrected chi connectivity index (χ1v) is 10.9. The van der Waals surface area contributed by atoms with Gasteiger partial charge in [-0.15, -0.1) is 0 Å². The van der Waals surface area contributed by atoms with Crippen molar-refractivity contribution in [3.8, 4) is 0 Å². The predicted molar refractivity (Wildman–Crippen MR) is 114 cm³/mol. The molecule has 0 radical (unpaired) electrons. The van der Waals surface area contributed by atoms with Crippen LogP contribution < -0.4 is 4.90 Å². The highest BCUT2D eigenvalue weighted by Gasteiger charge is 2.35. The summed E-state index contributed by atoms with van der Waals surface area (Å²) in [7, 11) is -2.78. The fourth-order valence-electron chi connectivity index (χ4n) is 3.35. The molecule has 32 heavy (non-hydrogen) atoms. The summed E-state index contributed by atoms with van der Waals surface area (Å²) in [5, 5.41) is 23.2. The largest absolute Gasteiger partial charge is 0.465 e. The fourth-order valence-corrected chi connectivity index (χ4v) is 4.90. The summed E-state index contributed by atoms with van der Waals surface area (Å²) in [6, 6.07) is 7.33. The second-order valence-electron chi connectivity index (χ2n) is 6.71. The highest BCUT2D eigenvalue weighted by Crippen LogP contribution is 2.37. The van der Waals surface area contributed by atoms with Gasteiger partial charge in [0.05, 0.1) is 33.5 Å². The zero-order chi connectivity index (χ0) is 23.6. The van der Waals surface area contributed by atoms with Crippen molar-refractivity contribution in [3.05, 3.63) is 67.2 Å². The lowest BCUT2D eigenvalue weighted by Crippen LogP contribution is -2.49. The van der Waals surface area contributed by atoms with Gasteiger partial charge in [-0.2, -0.15) is 4.31 Å². The van der Waals surface area contributed by atoms with Gasteiger partial charge in [0.2, 0.25) is 10.0 Å². The van der Waals surface area contributed by atoms with Gasteiger partial charge in [-0.1, -0.05) is 11.6 Å². The van der Waals surface area contributed by atoms with Gasteiger partial charge in [0.15, 0.2) is 0 Å². The molecule has 0 amide bonds. The molecule has 1 aliphatic heterocycles. The van der Waals surface area contributed by atoms with Crippen LogP contribution >= 0.6 is 11.6 Å². The lowest BCUT2D eigenvalue weighted by atomic mass is 10.1. The zero-order valence-electron chi connectivity index (χ0n) is 16.6. The summed E-state index contributed by atoms with van der Waals surface area (Å²) >= 11 is 5.81. The standard InChI is InChI=1S/C18H17ClN4O8S/c1-31-18(24)15-10-13(22(25)26)11-16(23(27)28)17(15)20-6-8-21(9-7-20)32(29,30)14-4-2-12(19)3-5-14/h2-5,10-11H,6-9H2,1H3. The number of esters is 1. The third-order valence-corrected chi connectivity index (χ3v) is 7.06. The van der Waals surface area contributed by atoms with E-state index in [1.165, 1.54) is 33.5 Å². The third kappa shape index (κ3) is 4.49. The van der Waals surface area contributed by atoms with Gasteiger partial charge < -0.3 is 9.64 Å². The summed E-state index contributed by atoms with van der Waals surface area (Å²) < 4.78 is 31.6. The van der Waals surface area contributed by atoms with E-state index in [-0.39, 0.29) is 42.3 Å². The number of nitro benzene ring substituents is 2. The van der Waals surface area contributed by atoms with Crippen LogP contribution in [0, 0.1) is 20.2 Å². The van der Waals surface area contributed by atoms with Crippen LogP contribution in [0.2, 0.25) is 5.02 Å². The molecule has 0 bridgehead atoms. The average molecular weight is 485 g/mol. The summed E-state index contributed by atoms with van der Waals surface area (Å²) in [6.07, 6.45) is 0. The highest BCUT2D eigenvalue weighted by atomic mass is 35.5. The average Bonchev–Trinajstić information content (AvgIpc) is 2.77. The van der Waals surface area contributed by atoms with Crippen molar-refractivity contribution in [1.82, 2.24) is 4.31 Å². The van der Waals surface area contributed by atoms with Crippen LogP contribution in [0.4, 0.5) is 17.1 Å². The normalized spacial score (nSPS) is 14.8. The monoisotopic (exact) mass is 484 g/mol. The fraction of sp³-hybridized carbons (Fsp3) is 0.278. The number of ether oxygens (including phenoxy) is 1. The minimum atomic E-state index is -3.83. The maximum Gasteiger partial charge on any atom is 0.340 e. The van der Waals surface area contributed by atoms with E-state index in [2.05, 4.69) is 4.74 Å². The van der Waals surface area contributed by atoms with Crippen LogP contribution in [0.3, 0.4) is 0 Å². The molecule has 0 aromatic heterocycles. The number of non-ortho nitro benzene ring substituents is 1. The molecule has 0 N–H and O–H groups in total. The molecule has 0 atom stereocenters. The van der Waals surface area contributed by atoms with Gasteiger partial charge in [0, 0.05) is 37.3 Å². The summed E-state index contributed by atoms with van der Waals surface area (Å²) in [4.78, 5) is 34.9. The first-order valence-electron chi connectivity index (χ1n) is 9.12. The van der Waals surface area contributed by atoms with E-state index < -0.39 is 37.2 Å². The number of benzene rings is 2. The van der Waals surface area contributed by atoms with Gasteiger partial charge in [0.25, 0.3) is 11.4 Å². The van der Waals surface area contributed by atoms with Crippen LogP contribution in [0.25, 0.3) is 0 Å². The van der Waals surface area contributed by atoms with Crippen molar-refractivity contribution in [2.75, 3.05) is 38.2 Å². The molecular weight excluding hydrogens is 468 g/mol. The van der Waals surface area contributed by atoms with Crippen LogP contribution in [-0.4, -0.2) is 61.8 Å². The van der Waals surface area contributed by atoms with Crippen molar-refractivity contribution in [3.63, 3.8) is 0 Å². The van der Waals surface area contributed by atoms with E-state index in [1.807, 2.05) is 0 Å². The maximum atomic E-state index is 12.9. The smallest absolute Gasteiger partial charge is 0.340 e. The quantitative estimate of drug-likeness (QED) is 0.341. The molecule has 12 nitrogen and oxygen atoms in total. The Morgan fingerprint density at radius 2 is 1.62 bits per heavy atom. The highest BCUT2D eigenvalue weighted by molar-refractivity contribution is 7.89. The molecular formula is C18H17ClN4O8S. The van der Waals surface area contributed by atoms with Gasteiger partial charge in [-0.3, -0.25) is 20.2 Å². The number of methoxy groups -OCH3 is 1. The Morgan fingerprint density at radius 1 is 1.03 bits per heavy atom. The minimum absolute atomic E-state index is 0.00939. The van der Waals surface area contributed by atoms with Crippen LogP contribution in [0.5, 0.6) is 0 Å². The zero-order valence-corrected chi connectivity index (χ0v) is 18.2. The number of piperazine rings is 1. The summed E-state index contributed by atoms with van der Waals surface area (Å²) in [5.74, 6) is -0.983. The van der Waals surface area contributed by atoms with Crippen molar-refractivity contribution in [2.45, 2.75) is 4.90 Å². The molecule has 2 aromatic rings. The van der Waals surface area contributed by atoms with Gasteiger partial charge >= 0.3 is 5.97 Å². The molecule has 0 aliphatic carbocycles. The lowest BCUT2D eigenvalue weighted by Gasteiger charge is -2.35. The SMILES string of the molecule is COC(=O)c1cc([N+](=O)[O-])cc([N+](=O)[O-])c1N1CCN(S(=O)(=O)c2ccc(Cl)cc2)CC1. The predicted octanol–water partition coefficient (Wildman–Crippen LogP) is 2.45. The second-order valence-corrected chi connectivity index (χ2v) is 9.09. The number of anilines is 1. The Hall–Kier alpha value is -3.29. The van der Waals surface area contributed by atoms with Crippen molar-refractivity contribution < 1.29 is 27.8 Å². The number of hydrogen-bond donors (Lipinski definition) is 0. The number of halogens is 1. The number of carbonyl (C=O) groups is 1. The Morgan fingerprint density at radius 3 is 2.12 bits per heavy atom. The molecule has 3 rings (SSSR count). The number of hydrogen-bond acceptors (Lipinski definition) is 9. The molecule has 14 heteroatoms. The van der Waals surface area contributed by atoms with E-state index in [0.717, 1.165) is 19.2 Å². The first-order chi connectivity index (χ1) is 15.1. The number of nitro groups is 2. The molecule has 1 fully saturated rings. The van der Waals surface area contributed by atoms with Crippen LogP contribution in [-0.2, 0) is 14.8 Å². The molecule has 0 unspecified atom stereocenters. The Balaban J connectivity index is 1.95. The Kier molecular flexibility index (Phi) is 6.62. The molecule has 2 aromatic carbocycles. The second kappa shape index (κ2) is 9.06. The number of carbonyl (C=O) groups excluding carboxylic acids is 1. The summed E-state index contributed by atoms with van der Waals surface area (Å²) in [5.41, 5.74) is -1.78. The van der Waals surface area contributed by atoms with Gasteiger partial charge in [-0.25, -0.2) is 13.2 Å². The molecule has 1 saturated heterocycles. The third-order valence-electron chi connectivity index (χ3n) is 4.89. The number of rotatable bonds is 6. The van der Waals surface area contributed by atoms with E-state index in [0.29, 0.717) is 5.02 Å². The molecule has 1 aliphatic rings. The van der Waals surface area contributed by atoms with Crippen molar-refractivity contribution in [1.29, 1.82) is 0 Å². The minimum Gasteiger partial charge on any atom is -0.465 e. The first kappa shape index (κ1) is 23.4. The van der Waals surface area contributed by atoms with E-state index >= 15 is 0 Å². The van der Waals surface area contributed by atoms with E-state index in [4.69, 9.17) is 11.6 Å². The van der Waals surface area contributed by atoms with Crippen molar-refractivity contribution >= 4 is 44.7 Å². The number of nitrogens with zero attached hydrogens (tertiary/aromatic N) is 4. The number of sulfonamides is 1. The molecule has 170 valence electrons. The van der Waals surface area contributed by atoms with Gasteiger partial charge in [0.1, 0.15) is 5.69 Å². The van der Waals surface area contributed by atoms with E-state index in [1.54, 1.807) is 0 Å². The lowest BCUT2D eigenvalue weighted by molar-refractivity contribution is -0.393. The van der Waals surface area contributed by atoms with Crippen LogP contribution in [0.15, 0.2) is 41.3 Å². The molecule has 0 spiro atoms. The topological polar surface area (TPSA) is 153 Å². The van der Waals surface area contributed by atoms with Crippen LogP contribution in [0.1, 0.15) is 10.4 Å². The van der Waals surface area contributed by atoms with E-state index in [9.17, 15) is 33.4 Å². The Bertz CT molecular complexity index is 1180. The van der Waals surface area contributed by atoms with Gasteiger partial charge in [-0.05, 0) is 24.3 Å². The molecule has 1 heterocycles. The van der Waals surface area contributed by atoms with Crippen molar-refractivity contribution in [2.24, 2.45) is 0 Å². The Labute approximate surface area is 187 Å². The molecule has 0 saturated carbocycles.